The number of hydrogen-bond acceptors (Lipinski definition) is 9. The zero-order chi connectivity index (χ0) is 32.3. The number of esters is 1. The molecule has 1 aliphatic carbocycles. The lowest BCUT2D eigenvalue weighted by molar-refractivity contribution is -0.160. The molecule has 44 heavy (non-hydrogen) atoms. The van der Waals surface area contributed by atoms with Crippen molar-refractivity contribution >= 4 is 39.1 Å². The zero-order valence-electron chi connectivity index (χ0n) is 25.1. The van der Waals surface area contributed by atoms with Crippen LogP contribution in [0.3, 0.4) is 0 Å². The highest BCUT2D eigenvalue weighted by molar-refractivity contribution is 7.92. The molecule has 238 valence electrons. The standard InChI is InChI=1S/C30H36F3N5O5S/c1-29(2,3)43-27(39)20-9-12-24(16-20)42-23-13-10-21(11-14-23)36-28-35-18-25(30(31,32)33)26(37-28)34-17-19-7-6-8-22(15-19)38(4)44(5,40)41/h6-8,10-11,13-15,18,20,24H,9,12,16-17H2,1-5H3,(H2,34,35,36,37). The number of nitrogens with one attached hydrogen (secondary N) is 2. The normalized spacial score (nSPS) is 17.2. The lowest BCUT2D eigenvalue weighted by Gasteiger charge is -2.22. The van der Waals surface area contributed by atoms with Crippen molar-refractivity contribution in [1.29, 1.82) is 0 Å². The number of carbonyl (C=O) groups is 1. The van der Waals surface area contributed by atoms with Gasteiger partial charge in [0.1, 0.15) is 22.7 Å². The fraction of sp³-hybridized carbons (Fsp3) is 0.433. The Kier molecular flexibility index (Phi) is 9.62. The minimum atomic E-state index is -4.71. The Bertz CT molecular complexity index is 1580. The Balaban J connectivity index is 1.41. The molecule has 1 heterocycles. The van der Waals surface area contributed by atoms with Crippen LogP contribution in [0.5, 0.6) is 5.75 Å². The fourth-order valence-electron chi connectivity index (χ4n) is 4.61. The van der Waals surface area contributed by atoms with Gasteiger partial charge in [-0.2, -0.15) is 18.2 Å². The average molecular weight is 636 g/mol. The molecule has 0 bridgehead atoms. The summed E-state index contributed by atoms with van der Waals surface area (Å²) >= 11 is 0. The van der Waals surface area contributed by atoms with Crippen LogP contribution in [0, 0.1) is 5.92 Å². The van der Waals surface area contributed by atoms with Crippen LogP contribution in [-0.2, 0) is 32.3 Å². The lowest BCUT2D eigenvalue weighted by Crippen LogP contribution is -2.28. The summed E-state index contributed by atoms with van der Waals surface area (Å²) in [6.45, 7) is 5.45. The van der Waals surface area contributed by atoms with Crippen LogP contribution in [0.25, 0.3) is 0 Å². The third-order valence-electron chi connectivity index (χ3n) is 6.86. The number of alkyl halides is 3. The molecular formula is C30H36F3N5O5S. The number of carbonyl (C=O) groups excluding carboxylic acids is 1. The number of hydrogen-bond donors (Lipinski definition) is 2. The fourth-order valence-corrected chi connectivity index (χ4v) is 5.11. The largest absolute Gasteiger partial charge is 0.490 e. The summed E-state index contributed by atoms with van der Waals surface area (Å²) in [4.78, 5) is 20.3. The van der Waals surface area contributed by atoms with Gasteiger partial charge in [0.15, 0.2) is 0 Å². The molecule has 0 amide bonds. The van der Waals surface area contributed by atoms with Crippen molar-refractivity contribution in [2.24, 2.45) is 5.92 Å². The molecule has 1 aromatic heterocycles. The van der Waals surface area contributed by atoms with Crippen molar-refractivity contribution in [3.63, 3.8) is 0 Å². The highest BCUT2D eigenvalue weighted by Crippen LogP contribution is 2.35. The minimum absolute atomic E-state index is 0.0486. The molecule has 2 atom stereocenters. The molecule has 1 aliphatic rings. The van der Waals surface area contributed by atoms with Crippen molar-refractivity contribution < 1.29 is 35.9 Å². The van der Waals surface area contributed by atoms with Crippen LogP contribution in [-0.4, -0.2) is 49.4 Å². The van der Waals surface area contributed by atoms with Crippen LogP contribution in [0.4, 0.5) is 36.3 Å². The Labute approximate surface area is 255 Å². The number of rotatable bonds is 10. The van der Waals surface area contributed by atoms with E-state index in [-0.39, 0.29) is 30.5 Å². The molecule has 2 unspecified atom stereocenters. The van der Waals surface area contributed by atoms with Crippen LogP contribution in [0.1, 0.15) is 51.2 Å². The van der Waals surface area contributed by atoms with E-state index in [0.29, 0.717) is 41.7 Å². The second-order valence-corrected chi connectivity index (χ2v) is 13.7. The summed E-state index contributed by atoms with van der Waals surface area (Å²) < 4.78 is 77.5. The predicted octanol–water partition coefficient (Wildman–Crippen LogP) is 6.14. The number of ether oxygens (including phenoxy) is 2. The number of benzene rings is 2. The quantitative estimate of drug-likeness (QED) is 0.253. The van der Waals surface area contributed by atoms with Crippen molar-refractivity contribution in [3.05, 3.63) is 65.9 Å². The van der Waals surface area contributed by atoms with Crippen LogP contribution >= 0.6 is 0 Å². The van der Waals surface area contributed by atoms with Gasteiger partial charge in [0.05, 0.1) is 24.0 Å². The monoisotopic (exact) mass is 635 g/mol. The summed E-state index contributed by atoms with van der Waals surface area (Å²) in [5, 5.41) is 5.62. The van der Waals surface area contributed by atoms with Crippen LogP contribution in [0.2, 0.25) is 0 Å². The molecule has 1 saturated carbocycles. The van der Waals surface area contributed by atoms with Gasteiger partial charge < -0.3 is 20.1 Å². The molecule has 14 heteroatoms. The molecule has 0 radical (unpaired) electrons. The molecule has 2 aromatic carbocycles. The minimum Gasteiger partial charge on any atom is -0.490 e. The Morgan fingerprint density at radius 3 is 2.43 bits per heavy atom. The first-order valence-electron chi connectivity index (χ1n) is 14.0. The maximum absolute atomic E-state index is 13.7. The van der Waals surface area contributed by atoms with E-state index in [0.717, 1.165) is 17.0 Å². The smallest absolute Gasteiger partial charge is 0.421 e. The van der Waals surface area contributed by atoms with E-state index < -0.39 is 33.2 Å². The number of nitrogens with zero attached hydrogens (tertiary/aromatic N) is 3. The van der Waals surface area contributed by atoms with Gasteiger partial charge in [-0.25, -0.2) is 13.4 Å². The maximum atomic E-state index is 13.7. The molecule has 0 spiro atoms. The van der Waals surface area contributed by atoms with Crippen LogP contribution < -0.4 is 19.7 Å². The SMILES string of the molecule is CN(c1cccc(CNc2nc(Nc3ccc(OC4CCC(C(=O)OC(C)(C)C)C4)cc3)ncc2C(F)(F)F)c1)S(C)(=O)=O. The van der Waals surface area contributed by atoms with Gasteiger partial charge in [-0.1, -0.05) is 12.1 Å². The van der Waals surface area contributed by atoms with E-state index in [1.54, 1.807) is 48.5 Å². The summed E-state index contributed by atoms with van der Waals surface area (Å²) in [5.74, 6) is -0.336. The van der Waals surface area contributed by atoms with E-state index in [4.69, 9.17) is 9.47 Å². The molecule has 0 saturated heterocycles. The van der Waals surface area contributed by atoms with Crippen molar-refractivity contribution in [3.8, 4) is 5.75 Å². The Morgan fingerprint density at radius 1 is 1.09 bits per heavy atom. The van der Waals surface area contributed by atoms with E-state index in [9.17, 15) is 26.4 Å². The Hall–Kier alpha value is -4.07. The third kappa shape index (κ3) is 8.97. The van der Waals surface area contributed by atoms with Crippen molar-refractivity contribution in [1.82, 2.24) is 9.97 Å². The van der Waals surface area contributed by atoms with E-state index >= 15 is 0 Å². The topological polar surface area (TPSA) is 123 Å². The molecule has 0 aliphatic heterocycles. The van der Waals surface area contributed by atoms with E-state index in [1.807, 2.05) is 20.8 Å². The first-order valence-corrected chi connectivity index (χ1v) is 15.8. The van der Waals surface area contributed by atoms with Gasteiger partial charge in [0.2, 0.25) is 16.0 Å². The van der Waals surface area contributed by atoms with Gasteiger partial charge >= 0.3 is 12.1 Å². The number of halogens is 3. The number of sulfonamides is 1. The van der Waals surface area contributed by atoms with Gasteiger partial charge in [-0.05, 0) is 82.0 Å². The van der Waals surface area contributed by atoms with Crippen molar-refractivity contribution in [2.75, 3.05) is 28.2 Å². The van der Waals surface area contributed by atoms with Gasteiger partial charge in [0.25, 0.3) is 0 Å². The Morgan fingerprint density at radius 2 is 1.80 bits per heavy atom. The predicted molar refractivity (Wildman–Crippen MR) is 161 cm³/mol. The molecule has 2 N–H and O–H groups in total. The highest BCUT2D eigenvalue weighted by Gasteiger charge is 2.36. The molecule has 4 rings (SSSR count). The van der Waals surface area contributed by atoms with Gasteiger partial charge in [-0.3, -0.25) is 9.10 Å². The number of anilines is 4. The van der Waals surface area contributed by atoms with E-state index in [1.165, 1.54) is 7.05 Å². The zero-order valence-corrected chi connectivity index (χ0v) is 25.9. The molecule has 1 fully saturated rings. The second-order valence-electron chi connectivity index (χ2n) is 11.6. The summed E-state index contributed by atoms with van der Waals surface area (Å²) in [6, 6.07) is 13.2. The number of aromatic nitrogens is 2. The van der Waals surface area contributed by atoms with Gasteiger partial charge in [-0.15, -0.1) is 0 Å². The summed E-state index contributed by atoms with van der Waals surface area (Å²) in [7, 11) is -2.12. The van der Waals surface area contributed by atoms with Gasteiger partial charge in [0, 0.05) is 25.5 Å². The van der Waals surface area contributed by atoms with E-state index in [2.05, 4.69) is 20.6 Å². The first kappa shape index (κ1) is 32.8. The summed E-state index contributed by atoms with van der Waals surface area (Å²) in [6.07, 6.45) is -1.12. The molecular weight excluding hydrogens is 599 g/mol. The highest BCUT2D eigenvalue weighted by atomic mass is 32.2. The first-order chi connectivity index (χ1) is 20.5. The lowest BCUT2D eigenvalue weighted by atomic mass is 10.1. The molecule has 3 aromatic rings. The molecule has 10 nitrogen and oxygen atoms in total. The third-order valence-corrected chi connectivity index (χ3v) is 8.07. The second kappa shape index (κ2) is 12.9. The maximum Gasteiger partial charge on any atom is 0.421 e. The average Bonchev–Trinajstić information content (AvgIpc) is 3.39. The van der Waals surface area contributed by atoms with Crippen LogP contribution in [0.15, 0.2) is 54.7 Å². The van der Waals surface area contributed by atoms with Crippen molar-refractivity contribution in [2.45, 2.75) is 64.5 Å². The summed E-state index contributed by atoms with van der Waals surface area (Å²) in [5.41, 5.74) is -0.141.